The zero-order valence-electron chi connectivity index (χ0n) is 12.1. The van der Waals surface area contributed by atoms with Crippen LogP contribution in [0.2, 0.25) is 0 Å². The number of piperidine rings is 1. The topological polar surface area (TPSA) is 75.5 Å². The predicted octanol–water partition coefficient (Wildman–Crippen LogP) is 1.45. The first-order chi connectivity index (χ1) is 9.78. The van der Waals surface area contributed by atoms with Gasteiger partial charge in [0, 0.05) is 6.54 Å². The van der Waals surface area contributed by atoms with E-state index in [0.29, 0.717) is 0 Å². The SMILES string of the molecule is CCn1ncnc1CN1CCCCC1c1n[nH]c(C)n1. The van der Waals surface area contributed by atoms with Crippen LogP contribution < -0.4 is 0 Å². The van der Waals surface area contributed by atoms with Gasteiger partial charge in [-0.2, -0.15) is 10.2 Å². The van der Waals surface area contributed by atoms with Gasteiger partial charge in [-0.1, -0.05) is 6.42 Å². The highest BCUT2D eigenvalue weighted by molar-refractivity contribution is 4.99. The summed E-state index contributed by atoms with van der Waals surface area (Å²) in [6.07, 6.45) is 5.20. The van der Waals surface area contributed by atoms with Crippen LogP contribution in [0.4, 0.5) is 0 Å². The van der Waals surface area contributed by atoms with Crippen molar-refractivity contribution >= 4 is 0 Å². The van der Waals surface area contributed by atoms with Crippen molar-refractivity contribution in [2.45, 2.75) is 52.2 Å². The number of aromatic nitrogens is 6. The van der Waals surface area contributed by atoms with Gasteiger partial charge in [0.05, 0.1) is 12.6 Å². The Bertz CT molecular complexity index is 559. The standard InChI is InChI=1S/C13H21N7/c1-3-20-12(14-9-15-20)8-19-7-5-4-6-11(19)13-16-10(2)17-18-13/h9,11H,3-8H2,1-2H3,(H,16,17,18). The van der Waals surface area contributed by atoms with Gasteiger partial charge in [0.2, 0.25) is 0 Å². The quantitative estimate of drug-likeness (QED) is 0.914. The summed E-state index contributed by atoms with van der Waals surface area (Å²) in [6.45, 7) is 6.76. The number of nitrogens with zero attached hydrogens (tertiary/aromatic N) is 6. The molecule has 1 aliphatic rings. The molecule has 7 heteroatoms. The summed E-state index contributed by atoms with van der Waals surface area (Å²) in [5, 5.41) is 11.5. The summed E-state index contributed by atoms with van der Waals surface area (Å²) in [6, 6.07) is 0.288. The first-order valence-corrected chi connectivity index (χ1v) is 7.27. The largest absolute Gasteiger partial charge is 0.286 e. The Morgan fingerprint density at radius 3 is 3.05 bits per heavy atom. The molecule has 3 heterocycles. The van der Waals surface area contributed by atoms with Gasteiger partial charge in [-0.15, -0.1) is 0 Å². The molecule has 1 fully saturated rings. The number of nitrogens with one attached hydrogen (secondary N) is 1. The molecule has 1 saturated heterocycles. The van der Waals surface area contributed by atoms with Crippen LogP contribution in [0.3, 0.4) is 0 Å². The molecule has 2 aromatic rings. The first-order valence-electron chi connectivity index (χ1n) is 7.27. The van der Waals surface area contributed by atoms with Gasteiger partial charge in [-0.25, -0.2) is 14.6 Å². The van der Waals surface area contributed by atoms with Crippen molar-refractivity contribution in [3.05, 3.63) is 23.8 Å². The van der Waals surface area contributed by atoms with E-state index in [1.54, 1.807) is 6.33 Å². The second kappa shape index (κ2) is 5.70. The highest BCUT2D eigenvalue weighted by Crippen LogP contribution is 2.29. The van der Waals surface area contributed by atoms with E-state index in [1.165, 1.54) is 12.8 Å². The summed E-state index contributed by atoms with van der Waals surface area (Å²) >= 11 is 0. The molecule has 0 bridgehead atoms. The first kappa shape index (κ1) is 13.2. The van der Waals surface area contributed by atoms with Crippen LogP contribution in [0.25, 0.3) is 0 Å². The Morgan fingerprint density at radius 1 is 1.40 bits per heavy atom. The number of hydrogen-bond donors (Lipinski definition) is 1. The van der Waals surface area contributed by atoms with E-state index in [2.05, 4.69) is 37.1 Å². The maximum atomic E-state index is 4.51. The van der Waals surface area contributed by atoms with E-state index in [1.807, 2.05) is 11.6 Å². The highest BCUT2D eigenvalue weighted by Gasteiger charge is 2.28. The third kappa shape index (κ3) is 2.58. The molecular formula is C13H21N7. The van der Waals surface area contributed by atoms with Crippen molar-refractivity contribution in [2.75, 3.05) is 6.54 Å². The molecule has 0 radical (unpaired) electrons. The number of H-pyrrole nitrogens is 1. The maximum Gasteiger partial charge on any atom is 0.167 e. The fraction of sp³-hybridized carbons (Fsp3) is 0.692. The summed E-state index contributed by atoms with van der Waals surface area (Å²) in [5.41, 5.74) is 0. The lowest BCUT2D eigenvalue weighted by molar-refractivity contribution is 0.128. The summed E-state index contributed by atoms with van der Waals surface area (Å²) in [4.78, 5) is 11.3. The Hall–Kier alpha value is -1.76. The second-order valence-corrected chi connectivity index (χ2v) is 5.25. The molecule has 2 aromatic heterocycles. The third-order valence-electron chi connectivity index (χ3n) is 3.87. The van der Waals surface area contributed by atoms with Gasteiger partial charge in [0.1, 0.15) is 18.0 Å². The molecule has 3 rings (SSSR count). The second-order valence-electron chi connectivity index (χ2n) is 5.25. The normalized spacial score (nSPS) is 20.4. The number of rotatable bonds is 4. The fourth-order valence-corrected chi connectivity index (χ4v) is 2.84. The Balaban J connectivity index is 1.79. The Morgan fingerprint density at radius 2 is 2.30 bits per heavy atom. The van der Waals surface area contributed by atoms with Gasteiger partial charge >= 0.3 is 0 Å². The minimum absolute atomic E-state index is 0.288. The molecular weight excluding hydrogens is 254 g/mol. The van der Waals surface area contributed by atoms with E-state index in [9.17, 15) is 0 Å². The third-order valence-corrected chi connectivity index (χ3v) is 3.87. The van der Waals surface area contributed by atoms with Crippen molar-refractivity contribution in [3.8, 4) is 0 Å². The Kier molecular flexibility index (Phi) is 3.77. The lowest BCUT2D eigenvalue weighted by Crippen LogP contribution is -2.34. The van der Waals surface area contributed by atoms with Crippen LogP contribution in [0, 0.1) is 6.92 Å². The molecule has 0 aliphatic carbocycles. The lowest BCUT2D eigenvalue weighted by Gasteiger charge is -2.33. The average molecular weight is 275 g/mol. The van der Waals surface area contributed by atoms with Crippen LogP contribution in [0.15, 0.2) is 6.33 Å². The van der Waals surface area contributed by atoms with Gasteiger partial charge < -0.3 is 0 Å². The summed E-state index contributed by atoms with van der Waals surface area (Å²) < 4.78 is 1.95. The van der Waals surface area contributed by atoms with Crippen LogP contribution in [0.5, 0.6) is 0 Å². The molecule has 0 saturated carbocycles. The summed E-state index contributed by atoms with van der Waals surface area (Å²) in [7, 11) is 0. The zero-order valence-corrected chi connectivity index (χ0v) is 12.1. The fourth-order valence-electron chi connectivity index (χ4n) is 2.84. The number of likely N-dealkylation sites (tertiary alicyclic amines) is 1. The van der Waals surface area contributed by atoms with Crippen LogP contribution in [-0.4, -0.2) is 41.4 Å². The van der Waals surface area contributed by atoms with Crippen molar-refractivity contribution < 1.29 is 0 Å². The van der Waals surface area contributed by atoms with Gasteiger partial charge in [-0.05, 0) is 33.2 Å². The Labute approximate surface area is 118 Å². The van der Waals surface area contributed by atoms with Crippen LogP contribution in [-0.2, 0) is 13.1 Å². The van der Waals surface area contributed by atoms with Crippen LogP contribution in [0.1, 0.15) is 49.7 Å². The van der Waals surface area contributed by atoms with Gasteiger partial charge in [0.25, 0.3) is 0 Å². The molecule has 1 atom stereocenters. The minimum Gasteiger partial charge on any atom is -0.286 e. The lowest BCUT2D eigenvalue weighted by atomic mass is 10.0. The smallest absolute Gasteiger partial charge is 0.167 e. The van der Waals surface area contributed by atoms with E-state index < -0.39 is 0 Å². The van der Waals surface area contributed by atoms with Crippen molar-refractivity contribution in [3.63, 3.8) is 0 Å². The molecule has 20 heavy (non-hydrogen) atoms. The van der Waals surface area contributed by atoms with Gasteiger partial charge in [-0.3, -0.25) is 10.00 Å². The molecule has 7 nitrogen and oxygen atoms in total. The number of aromatic amines is 1. The van der Waals surface area contributed by atoms with E-state index in [0.717, 1.165) is 43.5 Å². The maximum absolute atomic E-state index is 4.51. The molecule has 1 N–H and O–H groups in total. The molecule has 0 spiro atoms. The highest BCUT2D eigenvalue weighted by atomic mass is 15.4. The van der Waals surface area contributed by atoms with Crippen LogP contribution >= 0.6 is 0 Å². The minimum atomic E-state index is 0.288. The van der Waals surface area contributed by atoms with E-state index in [4.69, 9.17) is 0 Å². The van der Waals surface area contributed by atoms with E-state index >= 15 is 0 Å². The monoisotopic (exact) mass is 275 g/mol. The molecule has 0 amide bonds. The van der Waals surface area contributed by atoms with Crippen molar-refractivity contribution in [1.82, 2.24) is 34.8 Å². The molecule has 1 unspecified atom stereocenters. The molecule has 108 valence electrons. The number of hydrogen-bond acceptors (Lipinski definition) is 5. The number of aryl methyl sites for hydroxylation is 2. The summed E-state index contributed by atoms with van der Waals surface area (Å²) in [5.74, 6) is 2.80. The van der Waals surface area contributed by atoms with E-state index in [-0.39, 0.29) is 6.04 Å². The zero-order chi connectivity index (χ0) is 13.9. The predicted molar refractivity (Wildman–Crippen MR) is 73.8 cm³/mol. The average Bonchev–Trinajstić information content (AvgIpc) is 3.08. The molecule has 1 aliphatic heterocycles. The van der Waals surface area contributed by atoms with Crippen molar-refractivity contribution in [1.29, 1.82) is 0 Å². The van der Waals surface area contributed by atoms with Crippen molar-refractivity contribution in [2.24, 2.45) is 0 Å². The van der Waals surface area contributed by atoms with Gasteiger partial charge in [0.15, 0.2) is 5.82 Å². The molecule has 0 aromatic carbocycles.